The third-order valence-electron chi connectivity index (χ3n) is 6.21. The molecule has 1 aliphatic carbocycles. The van der Waals surface area contributed by atoms with E-state index in [2.05, 4.69) is 15.4 Å². The average Bonchev–Trinajstić information content (AvgIpc) is 3.29. The summed E-state index contributed by atoms with van der Waals surface area (Å²) in [5, 5.41) is 7.38. The molecule has 2 heterocycles. The van der Waals surface area contributed by atoms with Gasteiger partial charge in [0.1, 0.15) is 12.7 Å². The highest BCUT2D eigenvalue weighted by Crippen LogP contribution is 2.24. The Kier molecular flexibility index (Phi) is 5.92. The van der Waals surface area contributed by atoms with Crippen molar-refractivity contribution in [2.45, 2.75) is 57.9 Å². The summed E-state index contributed by atoms with van der Waals surface area (Å²) in [5.41, 5.74) is 2.59. The van der Waals surface area contributed by atoms with Crippen LogP contribution in [0.5, 0.6) is 0 Å². The van der Waals surface area contributed by atoms with Crippen LogP contribution in [0.4, 0.5) is 0 Å². The summed E-state index contributed by atoms with van der Waals surface area (Å²) in [4.78, 5) is 31.3. The fraction of sp³-hybridized carbons (Fsp3) is 0.545. The van der Waals surface area contributed by atoms with E-state index in [9.17, 15) is 9.59 Å². The molecule has 7 nitrogen and oxygen atoms in total. The molecule has 4 rings (SSSR count). The van der Waals surface area contributed by atoms with Crippen molar-refractivity contribution in [2.75, 3.05) is 13.1 Å². The van der Waals surface area contributed by atoms with Gasteiger partial charge in [0.15, 0.2) is 0 Å². The van der Waals surface area contributed by atoms with E-state index in [0.717, 1.165) is 36.9 Å². The molecule has 1 aromatic heterocycles. The van der Waals surface area contributed by atoms with Crippen molar-refractivity contribution in [1.82, 2.24) is 25.0 Å². The number of amides is 2. The topological polar surface area (TPSA) is 80.1 Å². The summed E-state index contributed by atoms with van der Waals surface area (Å²) in [6, 6.07) is 5.86. The second-order valence-corrected chi connectivity index (χ2v) is 8.25. The molecule has 2 aromatic rings. The molecule has 1 aliphatic heterocycles. The van der Waals surface area contributed by atoms with Crippen molar-refractivity contribution in [3.63, 3.8) is 0 Å². The molecule has 2 fully saturated rings. The first-order valence-electron chi connectivity index (χ1n) is 10.7. The van der Waals surface area contributed by atoms with Crippen LogP contribution in [0.1, 0.15) is 60.9 Å². The molecule has 0 unspecified atom stereocenters. The van der Waals surface area contributed by atoms with E-state index < -0.39 is 0 Å². The third kappa shape index (κ3) is 4.49. The van der Waals surface area contributed by atoms with E-state index in [4.69, 9.17) is 0 Å². The van der Waals surface area contributed by atoms with Gasteiger partial charge in [-0.2, -0.15) is 5.10 Å². The lowest BCUT2D eigenvalue weighted by atomic mass is 9.88. The van der Waals surface area contributed by atoms with Gasteiger partial charge >= 0.3 is 0 Å². The second kappa shape index (κ2) is 8.76. The van der Waals surface area contributed by atoms with Crippen molar-refractivity contribution in [3.8, 4) is 5.69 Å². The summed E-state index contributed by atoms with van der Waals surface area (Å²) in [6.45, 7) is 3.33. The number of aryl methyl sites for hydroxylation is 1. The molecule has 1 N–H and O–H groups in total. The zero-order chi connectivity index (χ0) is 20.2. The SMILES string of the molecule is Cc1cc(C(=O)N2CCC(NC(=O)C3CCCCC3)CC2)ccc1-n1cncn1. The van der Waals surface area contributed by atoms with E-state index in [1.54, 1.807) is 11.0 Å². The Hall–Kier alpha value is -2.70. The minimum absolute atomic E-state index is 0.0512. The van der Waals surface area contributed by atoms with Crippen LogP contribution in [-0.2, 0) is 4.79 Å². The normalized spacial score (nSPS) is 18.6. The van der Waals surface area contributed by atoms with Gasteiger partial charge in [0, 0.05) is 30.6 Å². The highest BCUT2D eigenvalue weighted by Gasteiger charge is 2.27. The minimum Gasteiger partial charge on any atom is -0.353 e. The first kappa shape index (κ1) is 19.6. The molecule has 1 saturated heterocycles. The number of nitrogens with zero attached hydrogens (tertiary/aromatic N) is 4. The predicted molar refractivity (Wildman–Crippen MR) is 110 cm³/mol. The molecule has 0 radical (unpaired) electrons. The van der Waals surface area contributed by atoms with Crippen molar-refractivity contribution >= 4 is 11.8 Å². The molecule has 2 amide bonds. The summed E-state index contributed by atoms with van der Waals surface area (Å²) in [5.74, 6) is 0.457. The average molecular weight is 396 g/mol. The van der Waals surface area contributed by atoms with Crippen LogP contribution in [0.15, 0.2) is 30.9 Å². The van der Waals surface area contributed by atoms with Gasteiger partial charge in [-0.25, -0.2) is 9.67 Å². The van der Waals surface area contributed by atoms with Gasteiger partial charge in [-0.3, -0.25) is 9.59 Å². The van der Waals surface area contributed by atoms with E-state index in [-0.39, 0.29) is 23.8 Å². The molecule has 7 heteroatoms. The number of hydrogen-bond acceptors (Lipinski definition) is 4. The van der Waals surface area contributed by atoms with E-state index in [1.165, 1.54) is 25.6 Å². The number of rotatable bonds is 4. The number of carbonyl (C=O) groups is 2. The van der Waals surface area contributed by atoms with Crippen molar-refractivity contribution in [2.24, 2.45) is 5.92 Å². The molecule has 1 saturated carbocycles. The van der Waals surface area contributed by atoms with Gasteiger partial charge in [-0.1, -0.05) is 19.3 Å². The quantitative estimate of drug-likeness (QED) is 0.863. The minimum atomic E-state index is 0.0512. The summed E-state index contributed by atoms with van der Waals surface area (Å²) in [6.07, 6.45) is 10.4. The summed E-state index contributed by atoms with van der Waals surface area (Å²) >= 11 is 0. The Morgan fingerprint density at radius 2 is 1.83 bits per heavy atom. The Morgan fingerprint density at radius 3 is 2.48 bits per heavy atom. The molecule has 1 aromatic carbocycles. The number of benzene rings is 1. The van der Waals surface area contributed by atoms with Crippen LogP contribution in [0.2, 0.25) is 0 Å². The monoisotopic (exact) mass is 395 g/mol. The number of aromatic nitrogens is 3. The lowest BCUT2D eigenvalue weighted by molar-refractivity contribution is -0.126. The first-order valence-corrected chi connectivity index (χ1v) is 10.7. The number of piperidine rings is 1. The highest BCUT2D eigenvalue weighted by atomic mass is 16.2. The number of hydrogen-bond donors (Lipinski definition) is 1. The van der Waals surface area contributed by atoms with Gasteiger partial charge in [0.05, 0.1) is 5.69 Å². The smallest absolute Gasteiger partial charge is 0.253 e. The maximum atomic E-state index is 12.9. The van der Waals surface area contributed by atoms with Gasteiger partial charge in [-0.15, -0.1) is 0 Å². The molecule has 154 valence electrons. The molecule has 0 atom stereocenters. The third-order valence-corrected chi connectivity index (χ3v) is 6.21. The number of likely N-dealkylation sites (tertiary alicyclic amines) is 1. The maximum Gasteiger partial charge on any atom is 0.253 e. The number of nitrogens with one attached hydrogen (secondary N) is 1. The van der Waals surface area contributed by atoms with Crippen LogP contribution < -0.4 is 5.32 Å². The zero-order valence-electron chi connectivity index (χ0n) is 17.0. The maximum absolute atomic E-state index is 12.9. The largest absolute Gasteiger partial charge is 0.353 e. The lowest BCUT2D eigenvalue weighted by Gasteiger charge is -2.33. The first-order chi connectivity index (χ1) is 14.1. The fourth-order valence-electron chi connectivity index (χ4n) is 4.47. The van der Waals surface area contributed by atoms with Crippen LogP contribution in [-0.4, -0.2) is 50.6 Å². The highest BCUT2D eigenvalue weighted by molar-refractivity contribution is 5.94. The number of carbonyl (C=O) groups excluding carboxylic acids is 2. The fourth-order valence-corrected chi connectivity index (χ4v) is 4.47. The van der Waals surface area contributed by atoms with Gasteiger partial charge in [0.2, 0.25) is 5.91 Å². The molecule has 29 heavy (non-hydrogen) atoms. The molecule has 2 aliphatic rings. The van der Waals surface area contributed by atoms with Crippen LogP contribution in [0, 0.1) is 12.8 Å². The van der Waals surface area contributed by atoms with E-state index in [0.29, 0.717) is 18.7 Å². The van der Waals surface area contributed by atoms with Gasteiger partial charge in [-0.05, 0) is 56.4 Å². The standard InChI is InChI=1S/C22H29N5O2/c1-16-13-18(7-8-20(16)27-15-23-14-24-27)22(29)26-11-9-19(10-12-26)25-21(28)17-5-3-2-4-6-17/h7-8,13-15,17,19H,2-6,9-12H2,1H3,(H,25,28). The Balaban J connectivity index is 1.32. The predicted octanol–water partition coefficient (Wildman–Crippen LogP) is 2.88. The second-order valence-electron chi connectivity index (χ2n) is 8.25. The van der Waals surface area contributed by atoms with Crippen molar-refractivity contribution in [1.29, 1.82) is 0 Å². The van der Waals surface area contributed by atoms with Crippen LogP contribution in [0.3, 0.4) is 0 Å². The molecule has 0 bridgehead atoms. The summed E-state index contributed by atoms with van der Waals surface area (Å²) < 4.78 is 1.70. The molecular formula is C22H29N5O2. The van der Waals surface area contributed by atoms with E-state index in [1.807, 2.05) is 30.0 Å². The summed E-state index contributed by atoms with van der Waals surface area (Å²) in [7, 11) is 0. The van der Waals surface area contributed by atoms with Crippen molar-refractivity contribution in [3.05, 3.63) is 42.0 Å². The van der Waals surface area contributed by atoms with Crippen molar-refractivity contribution < 1.29 is 9.59 Å². The van der Waals surface area contributed by atoms with Crippen LogP contribution in [0.25, 0.3) is 5.69 Å². The van der Waals surface area contributed by atoms with Crippen LogP contribution >= 0.6 is 0 Å². The Labute approximate surface area is 171 Å². The zero-order valence-corrected chi connectivity index (χ0v) is 17.0. The Bertz CT molecular complexity index is 850. The lowest BCUT2D eigenvalue weighted by Crippen LogP contribution is -2.48. The molecular weight excluding hydrogens is 366 g/mol. The van der Waals surface area contributed by atoms with Gasteiger partial charge < -0.3 is 10.2 Å². The van der Waals surface area contributed by atoms with Gasteiger partial charge in [0.25, 0.3) is 5.91 Å². The van der Waals surface area contributed by atoms with E-state index >= 15 is 0 Å². The Morgan fingerprint density at radius 1 is 1.07 bits per heavy atom. The molecule has 0 spiro atoms.